The summed E-state index contributed by atoms with van der Waals surface area (Å²) in [5.74, 6) is -1.40. The molecule has 0 amide bonds. The summed E-state index contributed by atoms with van der Waals surface area (Å²) in [6.07, 6.45) is 2.01. The summed E-state index contributed by atoms with van der Waals surface area (Å²) >= 11 is 5.78. The van der Waals surface area contributed by atoms with Gasteiger partial charge >= 0.3 is 5.97 Å². The van der Waals surface area contributed by atoms with Crippen LogP contribution in [0.1, 0.15) is 17.9 Å². The third kappa shape index (κ3) is 2.60. The Kier molecular flexibility index (Phi) is 3.72. The Balaban J connectivity index is 2.98. The van der Waals surface area contributed by atoms with Crippen molar-refractivity contribution >= 4 is 17.6 Å². The molecule has 1 aromatic carbocycles. The highest BCUT2D eigenvalue weighted by atomic mass is 35.5. The van der Waals surface area contributed by atoms with Crippen LogP contribution in [0.15, 0.2) is 36.9 Å². The molecule has 3 heteroatoms. The van der Waals surface area contributed by atoms with Gasteiger partial charge in [-0.1, -0.05) is 29.8 Å². The number of aliphatic carboxylic acids is 1. The van der Waals surface area contributed by atoms with E-state index in [-0.39, 0.29) is 0 Å². The van der Waals surface area contributed by atoms with Crippen LogP contribution in [0.5, 0.6) is 0 Å². The molecule has 0 heterocycles. The van der Waals surface area contributed by atoms with E-state index in [0.717, 1.165) is 0 Å². The molecule has 0 saturated carbocycles. The van der Waals surface area contributed by atoms with Gasteiger partial charge in [-0.3, -0.25) is 4.79 Å². The lowest BCUT2D eigenvalue weighted by atomic mass is 9.96. The molecular weight excluding hydrogens is 200 g/mol. The molecule has 0 aliphatic heterocycles. The topological polar surface area (TPSA) is 37.3 Å². The largest absolute Gasteiger partial charge is 0.481 e. The number of allylic oxidation sites excluding steroid dienone is 1. The maximum atomic E-state index is 10.9. The van der Waals surface area contributed by atoms with Crippen LogP contribution in [0.3, 0.4) is 0 Å². The summed E-state index contributed by atoms with van der Waals surface area (Å²) in [4.78, 5) is 10.9. The van der Waals surface area contributed by atoms with Gasteiger partial charge in [0.15, 0.2) is 0 Å². The molecule has 0 bridgehead atoms. The van der Waals surface area contributed by atoms with Gasteiger partial charge in [-0.05, 0) is 24.1 Å². The first-order valence-electron chi connectivity index (χ1n) is 4.24. The van der Waals surface area contributed by atoms with E-state index in [9.17, 15) is 4.79 Å². The van der Waals surface area contributed by atoms with Crippen molar-refractivity contribution in [2.24, 2.45) is 0 Å². The predicted octanol–water partition coefficient (Wildman–Crippen LogP) is 3.08. The highest BCUT2D eigenvalue weighted by molar-refractivity contribution is 6.30. The van der Waals surface area contributed by atoms with Crippen molar-refractivity contribution in [2.75, 3.05) is 0 Å². The lowest BCUT2D eigenvalue weighted by Gasteiger charge is -2.10. The Hall–Kier alpha value is -1.28. The maximum absolute atomic E-state index is 10.9. The Morgan fingerprint density at radius 2 is 2.36 bits per heavy atom. The first kappa shape index (κ1) is 10.8. The zero-order valence-corrected chi connectivity index (χ0v) is 8.37. The quantitative estimate of drug-likeness (QED) is 0.776. The average molecular weight is 211 g/mol. The number of carboxylic acids is 1. The summed E-state index contributed by atoms with van der Waals surface area (Å²) in [5, 5.41) is 9.51. The van der Waals surface area contributed by atoms with E-state index in [1.165, 1.54) is 0 Å². The van der Waals surface area contributed by atoms with Crippen LogP contribution in [0.4, 0.5) is 0 Å². The molecule has 2 nitrogen and oxygen atoms in total. The Morgan fingerprint density at radius 1 is 1.64 bits per heavy atom. The first-order chi connectivity index (χ1) is 6.65. The minimum absolute atomic E-state index is 0.412. The molecule has 1 atom stereocenters. The van der Waals surface area contributed by atoms with Crippen LogP contribution in [0, 0.1) is 0 Å². The van der Waals surface area contributed by atoms with Gasteiger partial charge in [-0.2, -0.15) is 0 Å². The van der Waals surface area contributed by atoms with E-state index in [0.29, 0.717) is 17.0 Å². The number of halogens is 1. The van der Waals surface area contributed by atoms with Crippen molar-refractivity contribution in [2.45, 2.75) is 12.3 Å². The van der Waals surface area contributed by atoms with Crippen LogP contribution >= 0.6 is 11.6 Å². The summed E-state index contributed by atoms with van der Waals surface area (Å²) < 4.78 is 0. The van der Waals surface area contributed by atoms with Crippen molar-refractivity contribution in [3.63, 3.8) is 0 Å². The van der Waals surface area contributed by atoms with E-state index in [2.05, 4.69) is 6.58 Å². The lowest BCUT2D eigenvalue weighted by Crippen LogP contribution is -2.10. The number of hydrogen-bond donors (Lipinski definition) is 1. The highest BCUT2D eigenvalue weighted by Crippen LogP contribution is 2.23. The minimum Gasteiger partial charge on any atom is -0.481 e. The fraction of sp³-hybridized carbons (Fsp3) is 0.182. The zero-order valence-electron chi connectivity index (χ0n) is 7.61. The van der Waals surface area contributed by atoms with Crippen LogP contribution in [0.2, 0.25) is 5.02 Å². The molecule has 0 spiro atoms. The minimum atomic E-state index is -0.854. The summed E-state index contributed by atoms with van der Waals surface area (Å²) in [7, 11) is 0. The normalized spacial score (nSPS) is 12.1. The Morgan fingerprint density at radius 3 is 2.86 bits per heavy atom. The Labute approximate surface area is 87.8 Å². The van der Waals surface area contributed by atoms with Gasteiger partial charge in [0.2, 0.25) is 0 Å². The van der Waals surface area contributed by atoms with Gasteiger partial charge in [-0.15, -0.1) is 6.58 Å². The van der Waals surface area contributed by atoms with Crippen LogP contribution < -0.4 is 0 Å². The molecule has 74 valence electrons. The van der Waals surface area contributed by atoms with Gasteiger partial charge in [-0.25, -0.2) is 0 Å². The van der Waals surface area contributed by atoms with Crippen molar-refractivity contribution in [1.82, 2.24) is 0 Å². The van der Waals surface area contributed by atoms with E-state index in [1.54, 1.807) is 30.3 Å². The SMILES string of the molecule is C=CCC(C(=O)O)c1cccc(Cl)c1. The molecule has 1 unspecified atom stereocenters. The number of rotatable bonds is 4. The molecule has 0 aliphatic rings. The number of carbonyl (C=O) groups is 1. The molecule has 0 radical (unpaired) electrons. The van der Waals surface area contributed by atoms with Gasteiger partial charge in [0.25, 0.3) is 0 Å². The smallest absolute Gasteiger partial charge is 0.311 e. The third-order valence-electron chi connectivity index (χ3n) is 1.95. The second kappa shape index (κ2) is 4.82. The van der Waals surface area contributed by atoms with Crippen LogP contribution in [-0.2, 0) is 4.79 Å². The Bertz CT molecular complexity index is 347. The molecule has 0 saturated heterocycles. The standard InChI is InChI=1S/C11H11ClO2/c1-2-4-10(11(13)14)8-5-3-6-9(12)7-8/h2-3,5-7,10H,1,4H2,(H,13,14). The third-order valence-corrected chi connectivity index (χ3v) is 2.19. The van der Waals surface area contributed by atoms with Crippen LogP contribution in [-0.4, -0.2) is 11.1 Å². The monoisotopic (exact) mass is 210 g/mol. The van der Waals surface area contributed by atoms with Crippen LogP contribution in [0.25, 0.3) is 0 Å². The molecule has 0 fully saturated rings. The molecule has 0 aliphatic carbocycles. The van der Waals surface area contributed by atoms with E-state index >= 15 is 0 Å². The molecule has 0 aromatic heterocycles. The van der Waals surface area contributed by atoms with Crippen molar-refractivity contribution in [1.29, 1.82) is 0 Å². The molecule has 1 N–H and O–H groups in total. The summed E-state index contributed by atoms with van der Waals surface area (Å²) in [5.41, 5.74) is 0.713. The molecule has 1 rings (SSSR count). The van der Waals surface area contributed by atoms with Crippen molar-refractivity contribution in [3.05, 3.63) is 47.5 Å². The second-order valence-electron chi connectivity index (χ2n) is 2.97. The second-order valence-corrected chi connectivity index (χ2v) is 3.41. The number of carboxylic acid groups (broad SMARTS) is 1. The fourth-order valence-electron chi connectivity index (χ4n) is 1.27. The van der Waals surface area contributed by atoms with Gasteiger partial charge in [0.05, 0.1) is 5.92 Å². The molecule has 1 aromatic rings. The van der Waals surface area contributed by atoms with E-state index in [4.69, 9.17) is 16.7 Å². The summed E-state index contributed by atoms with van der Waals surface area (Å²) in [6, 6.07) is 6.90. The van der Waals surface area contributed by atoms with Gasteiger partial charge in [0.1, 0.15) is 0 Å². The van der Waals surface area contributed by atoms with Crippen molar-refractivity contribution in [3.8, 4) is 0 Å². The van der Waals surface area contributed by atoms with E-state index in [1.807, 2.05) is 0 Å². The van der Waals surface area contributed by atoms with E-state index < -0.39 is 11.9 Å². The number of benzene rings is 1. The molecule has 14 heavy (non-hydrogen) atoms. The summed E-state index contributed by atoms with van der Waals surface area (Å²) in [6.45, 7) is 3.53. The maximum Gasteiger partial charge on any atom is 0.311 e. The predicted molar refractivity (Wildman–Crippen MR) is 56.6 cm³/mol. The average Bonchev–Trinajstić information content (AvgIpc) is 2.13. The first-order valence-corrected chi connectivity index (χ1v) is 4.62. The van der Waals surface area contributed by atoms with Gasteiger partial charge < -0.3 is 5.11 Å². The van der Waals surface area contributed by atoms with Gasteiger partial charge in [0, 0.05) is 5.02 Å². The number of hydrogen-bond acceptors (Lipinski definition) is 1. The fourth-order valence-corrected chi connectivity index (χ4v) is 1.47. The molecular formula is C11H11ClO2. The van der Waals surface area contributed by atoms with Crippen molar-refractivity contribution < 1.29 is 9.90 Å². The highest BCUT2D eigenvalue weighted by Gasteiger charge is 2.17. The lowest BCUT2D eigenvalue weighted by molar-refractivity contribution is -0.138. The zero-order chi connectivity index (χ0) is 10.6.